The molecule has 1 aliphatic carbocycles. The van der Waals surface area contributed by atoms with Crippen LogP contribution >= 0.6 is 34.8 Å². The molecule has 0 saturated heterocycles. The van der Waals surface area contributed by atoms with Crippen molar-refractivity contribution < 1.29 is 0 Å². The van der Waals surface area contributed by atoms with E-state index in [-0.39, 0.29) is 5.41 Å². The van der Waals surface area contributed by atoms with Crippen molar-refractivity contribution in [1.29, 1.82) is 0 Å². The molecule has 0 atom stereocenters. The van der Waals surface area contributed by atoms with Gasteiger partial charge in [-0.25, -0.2) is 0 Å². The fraction of sp³-hybridized carbons (Fsp3) is 0.600. The molecule has 1 saturated carbocycles. The highest BCUT2D eigenvalue weighted by molar-refractivity contribution is 6.42. The van der Waals surface area contributed by atoms with Crippen LogP contribution in [0, 0.1) is 5.41 Å². The molecule has 1 fully saturated rings. The third-order valence-electron chi connectivity index (χ3n) is 4.01. The summed E-state index contributed by atoms with van der Waals surface area (Å²) < 4.78 is 0. The number of benzene rings is 1. The van der Waals surface area contributed by atoms with E-state index in [1.165, 1.54) is 32.1 Å². The molecule has 0 amide bonds. The molecule has 0 aromatic heterocycles. The lowest BCUT2D eigenvalue weighted by molar-refractivity contribution is 0.212. The summed E-state index contributed by atoms with van der Waals surface area (Å²) in [6.07, 6.45) is 6.45. The van der Waals surface area contributed by atoms with E-state index in [9.17, 15) is 0 Å². The maximum atomic E-state index is 6.19. The van der Waals surface area contributed by atoms with Crippen LogP contribution < -0.4 is 5.32 Å². The van der Waals surface area contributed by atoms with Crippen LogP contribution in [0.1, 0.15) is 37.7 Å². The van der Waals surface area contributed by atoms with Crippen molar-refractivity contribution in [1.82, 2.24) is 5.32 Å². The highest BCUT2D eigenvalue weighted by atomic mass is 35.5. The molecule has 2 rings (SSSR count). The van der Waals surface area contributed by atoms with Gasteiger partial charge in [0.25, 0.3) is 0 Å². The van der Waals surface area contributed by atoms with Gasteiger partial charge in [0.15, 0.2) is 0 Å². The fourth-order valence-corrected chi connectivity index (χ4v) is 3.46. The van der Waals surface area contributed by atoms with Crippen molar-refractivity contribution in [3.8, 4) is 0 Å². The van der Waals surface area contributed by atoms with Gasteiger partial charge in [0, 0.05) is 19.0 Å². The third kappa shape index (κ3) is 4.26. The molecule has 1 aromatic rings. The van der Waals surface area contributed by atoms with Gasteiger partial charge in [-0.05, 0) is 36.0 Å². The zero-order chi connectivity index (χ0) is 13.7. The summed E-state index contributed by atoms with van der Waals surface area (Å²) in [5, 5.41) is 4.75. The summed E-state index contributed by atoms with van der Waals surface area (Å²) >= 11 is 18.1. The van der Waals surface area contributed by atoms with Crippen LogP contribution in [-0.2, 0) is 6.54 Å². The van der Waals surface area contributed by atoms with Crippen LogP contribution in [0.5, 0.6) is 0 Å². The highest BCUT2D eigenvalue weighted by Crippen LogP contribution is 2.36. The van der Waals surface area contributed by atoms with E-state index in [2.05, 4.69) is 5.32 Å². The predicted octanol–water partition coefficient (Wildman–Crippen LogP) is 5.27. The van der Waals surface area contributed by atoms with Gasteiger partial charge in [-0.3, -0.25) is 0 Å². The largest absolute Gasteiger partial charge is 0.312 e. The van der Waals surface area contributed by atoms with E-state index in [1.807, 2.05) is 18.2 Å². The number of hydrogen-bond acceptors (Lipinski definition) is 1. The second-order valence-electron chi connectivity index (χ2n) is 5.55. The Morgan fingerprint density at radius 2 is 1.79 bits per heavy atom. The Bertz CT molecular complexity index is 414. The summed E-state index contributed by atoms with van der Waals surface area (Å²) in [6, 6.07) is 5.78. The molecule has 0 aliphatic heterocycles. The Morgan fingerprint density at radius 3 is 2.42 bits per heavy atom. The lowest BCUT2D eigenvalue weighted by atomic mass is 9.75. The second-order valence-corrected chi connectivity index (χ2v) is 6.63. The molecule has 1 nitrogen and oxygen atoms in total. The lowest BCUT2D eigenvalue weighted by Gasteiger charge is -2.35. The molecular weight excluding hydrogens is 301 g/mol. The SMILES string of the molecule is ClCC1(CNCc2ccc(Cl)c(Cl)c2)CCCCC1. The van der Waals surface area contributed by atoms with Crippen LogP contribution in [0.3, 0.4) is 0 Å². The molecule has 0 unspecified atom stereocenters. The first-order valence-electron chi connectivity index (χ1n) is 6.86. The first kappa shape index (κ1) is 15.4. The molecule has 1 aliphatic rings. The number of alkyl halides is 1. The normalized spacial score (nSPS) is 18.5. The molecule has 1 N–H and O–H groups in total. The molecule has 0 heterocycles. The lowest BCUT2D eigenvalue weighted by Crippen LogP contribution is -2.37. The summed E-state index contributed by atoms with van der Waals surface area (Å²) in [5.74, 6) is 0.751. The number of rotatable bonds is 5. The summed E-state index contributed by atoms with van der Waals surface area (Å²) in [4.78, 5) is 0. The van der Waals surface area contributed by atoms with Crippen molar-refractivity contribution in [2.75, 3.05) is 12.4 Å². The Hall–Kier alpha value is 0.0500. The van der Waals surface area contributed by atoms with Gasteiger partial charge in [-0.1, -0.05) is 48.5 Å². The minimum Gasteiger partial charge on any atom is -0.312 e. The Kier molecular flexibility index (Phi) is 5.83. The minimum atomic E-state index is 0.288. The molecule has 106 valence electrons. The van der Waals surface area contributed by atoms with Crippen LogP contribution in [0.15, 0.2) is 18.2 Å². The number of nitrogens with one attached hydrogen (secondary N) is 1. The van der Waals surface area contributed by atoms with Gasteiger partial charge in [-0.15, -0.1) is 11.6 Å². The van der Waals surface area contributed by atoms with Crippen LogP contribution in [0.4, 0.5) is 0 Å². The van der Waals surface area contributed by atoms with Gasteiger partial charge in [0.1, 0.15) is 0 Å². The zero-order valence-electron chi connectivity index (χ0n) is 11.0. The molecule has 1 aromatic carbocycles. The zero-order valence-corrected chi connectivity index (χ0v) is 13.3. The quantitative estimate of drug-likeness (QED) is 0.728. The topological polar surface area (TPSA) is 12.0 Å². The highest BCUT2D eigenvalue weighted by Gasteiger charge is 2.30. The van der Waals surface area contributed by atoms with E-state index >= 15 is 0 Å². The standard InChI is InChI=1S/C15H20Cl3N/c16-10-15(6-2-1-3-7-15)11-19-9-12-4-5-13(17)14(18)8-12/h4-5,8,19H,1-3,6-7,9-11H2. The molecule has 0 radical (unpaired) electrons. The second kappa shape index (κ2) is 7.17. The first-order chi connectivity index (χ1) is 9.15. The summed E-state index contributed by atoms with van der Waals surface area (Å²) in [5.41, 5.74) is 1.45. The van der Waals surface area contributed by atoms with Crippen LogP contribution in [0.25, 0.3) is 0 Å². The van der Waals surface area contributed by atoms with E-state index in [0.29, 0.717) is 10.0 Å². The maximum Gasteiger partial charge on any atom is 0.0595 e. The third-order valence-corrected chi connectivity index (χ3v) is 5.32. The van der Waals surface area contributed by atoms with Crippen molar-refractivity contribution in [3.05, 3.63) is 33.8 Å². The van der Waals surface area contributed by atoms with Crippen molar-refractivity contribution in [2.45, 2.75) is 38.6 Å². The van der Waals surface area contributed by atoms with E-state index in [0.717, 1.165) is 24.5 Å². The average Bonchev–Trinajstić information content (AvgIpc) is 2.44. The average molecular weight is 321 g/mol. The molecular formula is C15H20Cl3N. The van der Waals surface area contributed by atoms with Gasteiger partial charge in [0.2, 0.25) is 0 Å². The van der Waals surface area contributed by atoms with E-state index in [4.69, 9.17) is 34.8 Å². The van der Waals surface area contributed by atoms with Crippen molar-refractivity contribution in [3.63, 3.8) is 0 Å². The van der Waals surface area contributed by atoms with Crippen LogP contribution in [-0.4, -0.2) is 12.4 Å². The molecule has 4 heteroatoms. The van der Waals surface area contributed by atoms with E-state index < -0.39 is 0 Å². The molecule has 19 heavy (non-hydrogen) atoms. The van der Waals surface area contributed by atoms with Crippen molar-refractivity contribution >= 4 is 34.8 Å². The first-order valence-corrected chi connectivity index (χ1v) is 8.15. The number of hydrogen-bond donors (Lipinski definition) is 1. The maximum absolute atomic E-state index is 6.19. The molecule has 0 bridgehead atoms. The van der Waals surface area contributed by atoms with Gasteiger partial charge >= 0.3 is 0 Å². The van der Waals surface area contributed by atoms with Crippen LogP contribution in [0.2, 0.25) is 10.0 Å². The van der Waals surface area contributed by atoms with Crippen molar-refractivity contribution in [2.24, 2.45) is 5.41 Å². The van der Waals surface area contributed by atoms with Gasteiger partial charge < -0.3 is 5.32 Å². The minimum absolute atomic E-state index is 0.288. The summed E-state index contributed by atoms with van der Waals surface area (Å²) in [7, 11) is 0. The molecule has 0 spiro atoms. The fourth-order valence-electron chi connectivity index (χ4n) is 2.78. The van der Waals surface area contributed by atoms with Gasteiger partial charge in [0.05, 0.1) is 10.0 Å². The smallest absolute Gasteiger partial charge is 0.0595 e. The predicted molar refractivity (Wildman–Crippen MR) is 84.4 cm³/mol. The number of halogens is 3. The Morgan fingerprint density at radius 1 is 1.05 bits per heavy atom. The van der Waals surface area contributed by atoms with E-state index in [1.54, 1.807) is 0 Å². The monoisotopic (exact) mass is 319 g/mol. The summed E-state index contributed by atoms with van der Waals surface area (Å²) in [6.45, 7) is 1.80. The Balaban J connectivity index is 1.86. The Labute approximate surface area is 130 Å². The van der Waals surface area contributed by atoms with Gasteiger partial charge in [-0.2, -0.15) is 0 Å².